The fraction of sp³-hybridized carbons (Fsp3) is 1.00. The molecule has 3 rings (SSSR count). The molecule has 0 heteroatoms. The van der Waals surface area contributed by atoms with Gasteiger partial charge in [0.15, 0.2) is 0 Å². The van der Waals surface area contributed by atoms with Gasteiger partial charge >= 0.3 is 0 Å². The normalized spacial score (nSPS) is 41.0. The summed E-state index contributed by atoms with van der Waals surface area (Å²) in [5.74, 6) is 5.42. The first-order valence-electron chi connectivity index (χ1n) is 7.20. The van der Waals surface area contributed by atoms with Crippen molar-refractivity contribution < 1.29 is 0 Å². The van der Waals surface area contributed by atoms with Crippen molar-refractivity contribution in [3.05, 3.63) is 0 Å². The van der Waals surface area contributed by atoms with Crippen LogP contribution in [0.2, 0.25) is 0 Å². The quantitative estimate of drug-likeness (QED) is 0.604. The summed E-state index contributed by atoms with van der Waals surface area (Å²) in [6.45, 7) is 7.25. The van der Waals surface area contributed by atoms with Gasteiger partial charge in [0, 0.05) is 0 Å². The summed E-state index contributed by atoms with van der Waals surface area (Å²) in [5.41, 5.74) is 0. The van der Waals surface area contributed by atoms with Crippen LogP contribution in [0.4, 0.5) is 0 Å². The smallest absolute Gasteiger partial charge is 0.0354 e. The third-order valence-corrected chi connectivity index (χ3v) is 4.95. The van der Waals surface area contributed by atoms with E-state index in [-0.39, 0.29) is 0 Å². The SMILES string of the molecule is CCCCC(C)CC1C2CC(C)CC1C2. The Kier molecular flexibility index (Phi) is 3.74. The minimum absolute atomic E-state index is 0.994. The van der Waals surface area contributed by atoms with Crippen molar-refractivity contribution in [2.75, 3.05) is 0 Å². The molecule has 3 aliphatic carbocycles. The molecule has 3 atom stereocenters. The zero-order valence-electron chi connectivity index (χ0n) is 10.8. The van der Waals surface area contributed by atoms with Gasteiger partial charge in [0.05, 0.1) is 0 Å². The van der Waals surface area contributed by atoms with Crippen molar-refractivity contribution in [1.29, 1.82) is 0 Å². The highest BCUT2D eigenvalue weighted by Crippen LogP contribution is 2.55. The second-order valence-corrected chi connectivity index (χ2v) is 6.48. The maximum Gasteiger partial charge on any atom is -0.0354 e. The molecule has 0 aromatic rings. The summed E-state index contributed by atoms with van der Waals surface area (Å²) >= 11 is 0. The van der Waals surface area contributed by atoms with Crippen LogP contribution < -0.4 is 0 Å². The molecule has 3 unspecified atom stereocenters. The summed E-state index contributed by atoms with van der Waals surface area (Å²) in [5, 5.41) is 0. The van der Waals surface area contributed by atoms with Crippen LogP contribution in [0.1, 0.15) is 65.7 Å². The molecule has 0 aromatic carbocycles. The van der Waals surface area contributed by atoms with Crippen molar-refractivity contribution in [3.63, 3.8) is 0 Å². The van der Waals surface area contributed by atoms with E-state index in [1.807, 2.05) is 0 Å². The molecule has 15 heavy (non-hydrogen) atoms. The van der Waals surface area contributed by atoms with Crippen molar-refractivity contribution in [3.8, 4) is 0 Å². The molecule has 88 valence electrons. The van der Waals surface area contributed by atoms with E-state index in [0.717, 1.165) is 29.6 Å². The molecule has 3 aliphatic rings. The first kappa shape index (κ1) is 11.5. The van der Waals surface area contributed by atoms with Gasteiger partial charge in [-0.2, -0.15) is 0 Å². The third kappa shape index (κ3) is 2.57. The highest BCUT2D eigenvalue weighted by Gasteiger charge is 2.45. The Labute approximate surface area is 95.8 Å². The van der Waals surface area contributed by atoms with Crippen LogP contribution in [0.5, 0.6) is 0 Å². The van der Waals surface area contributed by atoms with Crippen LogP contribution in [0.25, 0.3) is 0 Å². The standard InChI is InChI=1S/C15H28/c1-4-5-6-11(2)9-15-13-7-12(3)8-14(15)10-13/h11-15H,4-10H2,1-3H3. The molecule has 0 heterocycles. The van der Waals surface area contributed by atoms with Gasteiger partial charge in [0.2, 0.25) is 0 Å². The van der Waals surface area contributed by atoms with Gasteiger partial charge in [-0.25, -0.2) is 0 Å². The average Bonchev–Trinajstić information content (AvgIpc) is 2.22. The molecule has 0 amide bonds. The van der Waals surface area contributed by atoms with Crippen molar-refractivity contribution in [2.24, 2.45) is 29.6 Å². The molecule has 0 saturated heterocycles. The molecule has 0 spiro atoms. The Morgan fingerprint density at radius 2 is 1.80 bits per heavy atom. The van der Waals surface area contributed by atoms with Gasteiger partial charge in [-0.1, -0.05) is 40.0 Å². The largest absolute Gasteiger partial charge is 0.0654 e. The maximum atomic E-state index is 2.48. The summed E-state index contributed by atoms with van der Waals surface area (Å²) in [7, 11) is 0. The molecular weight excluding hydrogens is 180 g/mol. The molecule has 0 radical (unpaired) electrons. The van der Waals surface area contributed by atoms with Crippen LogP contribution in [-0.4, -0.2) is 0 Å². The lowest BCUT2D eigenvalue weighted by Crippen LogP contribution is -2.44. The van der Waals surface area contributed by atoms with E-state index in [4.69, 9.17) is 0 Å². The van der Waals surface area contributed by atoms with E-state index in [1.165, 1.54) is 19.3 Å². The van der Waals surface area contributed by atoms with Crippen LogP contribution in [0.15, 0.2) is 0 Å². The van der Waals surface area contributed by atoms with Crippen molar-refractivity contribution in [2.45, 2.75) is 65.7 Å². The van der Waals surface area contributed by atoms with Crippen LogP contribution in [-0.2, 0) is 0 Å². The predicted molar refractivity (Wildman–Crippen MR) is 66.8 cm³/mol. The first-order chi connectivity index (χ1) is 7.20. The minimum Gasteiger partial charge on any atom is -0.0654 e. The highest BCUT2D eigenvalue weighted by molar-refractivity contribution is 4.95. The summed E-state index contributed by atoms with van der Waals surface area (Å²) < 4.78 is 0. The van der Waals surface area contributed by atoms with E-state index >= 15 is 0 Å². The number of fused-ring (bicyclic) bond motifs is 2. The van der Waals surface area contributed by atoms with Gasteiger partial charge in [0.25, 0.3) is 0 Å². The Hall–Kier alpha value is 0. The van der Waals surface area contributed by atoms with E-state index in [2.05, 4.69) is 20.8 Å². The zero-order valence-corrected chi connectivity index (χ0v) is 10.8. The molecule has 0 aromatic heterocycles. The Morgan fingerprint density at radius 3 is 2.40 bits per heavy atom. The number of rotatable bonds is 5. The number of hydrogen-bond acceptors (Lipinski definition) is 0. The minimum atomic E-state index is 0.994. The van der Waals surface area contributed by atoms with Crippen molar-refractivity contribution >= 4 is 0 Å². The monoisotopic (exact) mass is 208 g/mol. The van der Waals surface area contributed by atoms with Gasteiger partial charge in [-0.3, -0.25) is 0 Å². The van der Waals surface area contributed by atoms with E-state index in [1.54, 1.807) is 25.7 Å². The highest BCUT2D eigenvalue weighted by atomic mass is 14.5. The van der Waals surface area contributed by atoms with E-state index in [9.17, 15) is 0 Å². The Morgan fingerprint density at radius 1 is 1.13 bits per heavy atom. The van der Waals surface area contributed by atoms with Crippen LogP contribution in [0.3, 0.4) is 0 Å². The van der Waals surface area contributed by atoms with Gasteiger partial charge in [-0.15, -0.1) is 0 Å². The maximum absolute atomic E-state index is 2.48. The summed E-state index contributed by atoms with van der Waals surface area (Å²) in [4.78, 5) is 0. The lowest BCUT2D eigenvalue weighted by atomic mass is 9.53. The lowest BCUT2D eigenvalue weighted by Gasteiger charge is -2.53. The average molecular weight is 208 g/mol. The van der Waals surface area contributed by atoms with Crippen LogP contribution >= 0.6 is 0 Å². The zero-order chi connectivity index (χ0) is 10.8. The van der Waals surface area contributed by atoms with Gasteiger partial charge in [-0.05, 0) is 55.3 Å². The Balaban J connectivity index is 1.72. The fourth-order valence-corrected chi connectivity index (χ4v) is 4.12. The first-order valence-corrected chi connectivity index (χ1v) is 7.20. The molecule has 3 saturated carbocycles. The van der Waals surface area contributed by atoms with E-state index < -0.39 is 0 Å². The lowest BCUT2D eigenvalue weighted by molar-refractivity contribution is -0.0277. The second-order valence-electron chi connectivity index (χ2n) is 6.48. The molecular formula is C15H28. The molecule has 0 N–H and O–H groups in total. The number of unbranched alkanes of at least 4 members (excludes halogenated alkanes) is 1. The topological polar surface area (TPSA) is 0 Å². The molecule has 0 nitrogen and oxygen atoms in total. The Bertz CT molecular complexity index is 184. The molecule has 3 fully saturated rings. The molecule has 0 aliphatic heterocycles. The predicted octanol–water partition coefficient (Wildman–Crippen LogP) is 4.89. The van der Waals surface area contributed by atoms with E-state index in [0.29, 0.717) is 0 Å². The van der Waals surface area contributed by atoms with Crippen molar-refractivity contribution in [1.82, 2.24) is 0 Å². The van der Waals surface area contributed by atoms with Crippen LogP contribution in [0, 0.1) is 29.6 Å². The van der Waals surface area contributed by atoms with Gasteiger partial charge in [0.1, 0.15) is 0 Å². The summed E-state index contributed by atoms with van der Waals surface area (Å²) in [6.07, 6.45) is 10.5. The van der Waals surface area contributed by atoms with Gasteiger partial charge < -0.3 is 0 Å². The fourth-order valence-electron chi connectivity index (χ4n) is 4.12. The molecule has 2 bridgehead atoms. The second kappa shape index (κ2) is 4.89. The number of hydrogen-bond donors (Lipinski definition) is 0. The summed E-state index contributed by atoms with van der Waals surface area (Å²) in [6, 6.07) is 0. The third-order valence-electron chi connectivity index (χ3n) is 4.95.